The molecule has 1 aromatic heterocycles. The van der Waals surface area contributed by atoms with E-state index in [1.54, 1.807) is 50.2 Å². The van der Waals surface area contributed by atoms with E-state index in [0.717, 1.165) is 12.3 Å². The van der Waals surface area contributed by atoms with Crippen LogP contribution in [0.25, 0.3) is 0 Å². The fraction of sp³-hybridized carbons (Fsp3) is 0.364. The highest BCUT2D eigenvalue weighted by molar-refractivity contribution is 5.97. The number of hydrogen-bond donors (Lipinski definition) is 3. The average Bonchev–Trinajstić information content (AvgIpc) is 3.04. The van der Waals surface area contributed by atoms with Crippen molar-refractivity contribution in [3.8, 4) is 23.0 Å². The van der Waals surface area contributed by atoms with E-state index in [1.807, 2.05) is 0 Å². The standard InChI is InChI=1S/C33H38FN5O7/c1-20(2)30-32(42)37-18-24-25(44-3)8-7-9-26(24)46-28-15-21(10-11-27(28)45-4)31(41)36-12-5-6-13-39(19-29(40)38-30)33(43)22-14-23(34)17-35-16-22/h7-11,14-17,20,30H,5-6,12-13,18-19H2,1-4H3,(H,36,41)(H,37,42)(H,38,40)/t30-/m1/s1. The lowest BCUT2D eigenvalue weighted by Gasteiger charge is -2.26. The van der Waals surface area contributed by atoms with Crippen molar-refractivity contribution in [3.05, 3.63) is 77.4 Å². The summed E-state index contributed by atoms with van der Waals surface area (Å²) in [4.78, 5) is 58.0. The summed E-state index contributed by atoms with van der Waals surface area (Å²) >= 11 is 0. The molecule has 2 aromatic carbocycles. The van der Waals surface area contributed by atoms with Crippen molar-refractivity contribution in [1.29, 1.82) is 0 Å². The average molecular weight is 636 g/mol. The molecule has 1 atom stereocenters. The molecule has 0 unspecified atom stereocenters. The minimum Gasteiger partial charge on any atom is -0.496 e. The van der Waals surface area contributed by atoms with Gasteiger partial charge >= 0.3 is 0 Å². The fourth-order valence-corrected chi connectivity index (χ4v) is 4.93. The first kappa shape index (κ1) is 33.7. The number of fused-ring (bicyclic) bond motifs is 3. The number of ether oxygens (including phenoxy) is 3. The molecule has 0 saturated carbocycles. The fourth-order valence-electron chi connectivity index (χ4n) is 4.93. The van der Waals surface area contributed by atoms with E-state index in [0.29, 0.717) is 41.2 Å². The first-order valence-electron chi connectivity index (χ1n) is 14.9. The van der Waals surface area contributed by atoms with E-state index >= 15 is 0 Å². The van der Waals surface area contributed by atoms with Crippen LogP contribution in [0.2, 0.25) is 0 Å². The second-order valence-corrected chi connectivity index (χ2v) is 11.0. The summed E-state index contributed by atoms with van der Waals surface area (Å²) in [6.45, 7) is 3.60. The third-order valence-electron chi connectivity index (χ3n) is 7.37. The van der Waals surface area contributed by atoms with Gasteiger partial charge in [0.05, 0.1) is 44.6 Å². The van der Waals surface area contributed by atoms with Gasteiger partial charge in [-0.2, -0.15) is 0 Å². The third-order valence-corrected chi connectivity index (χ3v) is 7.37. The molecule has 2 bridgehead atoms. The monoisotopic (exact) mass is 635 g/mol. The van der Waals surface area contributed by atoms with Gasteiger partial charge in [0, 0.05) is 24.8 Å². The van der Waals surface area contributed by atoms with Crippen LogP contribution in [0.5, 0.6) is 23.0 Å². The van der Waals surface area contributed by atoms with Crippen molar-refractivity contribution in [2.45, 2.75) is 39.3 Å². The Labute approximate surface area is 266 Å². The number of halogens is 1. The van der Waals surface area contributed by atoms with Crippen LogP contribution >= 0.6 is 0 Å². The minimum absolute atomic E-state index is 0.0150. The maximum absolute atomic E-state index is 13.9. The van der Waals surface area contributed by atoms with Crippen molar-refractivity contribution in [1.82, 2.24) is 25.8 Å². The predicted molar refractivity (Wildman–Crippen MR) is 166 cm³/mol. The number of nitrogens with zero attached hydrogens (tertiary/aromatic N) is 2. The van der Waals surface area contributed by atoms with Crippen molar-refractivity contribution in [2.24, 2.45) is 5.92 Å². The molecule has 13 heteroatoms. The zero-order valence-electron chi connectivity index (χ0n) is 26.2. The number of methoxy groups -OCH3 is 2. The van der Waals surface area contributed by atoms with Gasteiger partial charge < -0.3 is 35.1 Å². The van der Waals surface area contributed by atoms with Gasteiger partial charge in [-0.05, 0) is 55.2 Å². The Morgan fingerprint density at radius 2 is 1.78 bits per heavy atom. The van der Waals surface area contributed by atoms with Crippen LogP contribution in [0.4, 0.5) is 4.39 Å². The zero-order chi connectivity index (χ0) is 33.2. The molecular formula is C33H38FN5O7. The van der Waals surface area contributed by atoms with Gasteiger partial charge in [-0.3, -0.25) is 24.2 Å². The second kappa shape index (κ2) is 15.7. The van der Waals surface area contributed by atoms with Crippen molar-refractivity contribution >= 4 is 23.6 Å². The Bertz CT molecular complexity index is 1580. The highest BCUT2D eigenvalue weighted by atomic mass is 19.1. The summed E-state index contributed by atoms with van der Waals surface area (Å²) in [6, 6.07) is 10.1. The Kier molecular flexibility index (Phi) is 11.5. The molecule has 0 aliphatic carbocycles. The smallest absolute Gasteiger partial charge is 0.255 e. The summed E-state index contributed by atoms with van der Waals surface area (Å²) in [5.74, 6) is -1.49. The predicted octanol–water partition coefficient (Wildman–Crippen LogP) is 3.45. The van der Waals surface area contributed by atoms with E-state index in [2.05, 4.69) is 20.9 Å². The molecule has 0 radical (unpaired) electrons. The van der Waals surface area contributed by atoms with Gasteiger partial charge in [-0.1, -0.05) is 19.9 Å². The molecule has 1 aliphatic rings. The number of hydrogen-bond acceptors (Lipinski definition) is 8. The summed E-state index contributed by atoms with van der Waals surface area (Å²) in [5.41, 5.74) is 0.827. The molecule has 3 N–H and O–H groups in total. The molecule has 0 fully saturated rings. The first-order valence-corrected chi connectivity index (χ1v) is 14.9. The van der Waals surface area contributed by atoms with Crippen LogP contribution in [0.3, 0.4) is 0 Å². The minimum atomic E-state index is -0.933. The van der Waals surface area contributed by atoms with E-state index < -0.39 is 29.6 Å². The van der Waals surface area contributed by atoms with Crippen LogP contribution in [0.15, 0.2) is 54.9 Å². The van der Waals surface area contributed by atoms with Crippen LogP contribution in [-0.2, 0) is 16.1 Å². The van der Waals surface area contributed by atoms with E-state index in [4.69, 9.17) is 14.2 Å². The Morgan fingerprint density at radius 1 is 1.00 bits per heavy atom. The number of carbonyl (C=O) groups excluding carboxylic acids is 4. The Morgan fingerprint density at radius 3 is 2.50 bits per heavy atom. The highest BCUT2D eigenvalue weighted by Crippen LogP contribution is 2.37. The van der Waals surface area contributed by atoms with Gasteiger partial charge in [0.2, 0.25) is 11.8 Å². The largest absolute Gasteiger partial charge is 0.496 e. The number of pyridine rings is 1. The number of benzene rings is 2. The molecule has 0 saturated heterocycles. The van der Waals surface area contributed by atoms with Crippen LogP contribution < -0.4 is 30.2 Å². The lowest BCUT2D eigenvalue weighted by molar-refractivity contribution is -0.130. The molecule has 12 nitrogen and oxygen atoms in total. The Balaban J connectivity index is 1.67. The molecule has 4 amide bonds. The molecule has 4 rings (SSSR count). The number of amides is 4. The lowest BCUT2D eigenvalue weighted by Crippen LogP contribution is -2.52. The van der Waals surface area contributed by atoms with Gasteiger partial charge in [0.1, 0.15) is 23.4 Å². The molecule has 2 heterocycles. The van der Waals surface area contributed by atoms with Crippen molar-refractivity contribution in [2.75, 3.05) is 33.9 Å². The van der Waals surface area contributed by atoms with Crippen LogP contribution in [0, 0.1) is 11.7 Å². The van der Waals surface area contributed by atoms with E-state index in [9.17, 15) is 23.6 Å². The second-order valence-electron chi connectivity index (χ2n) is 11.0. The highest BCUT2D eigenvalue weighted by Gasteiger charge is 2.27. The normalized spacial score (nSPS) is 16.7. The van der Waals surface area contributed by atoms with Crippen LogP contribution in [0.1, 0.15) is 53.0 Å². The maximum atomic E-state index is 13.9. The molecule has 244 valence electrons. The molecule has 1 aliphatic heterocycles. The van der Waals surface area contributed by atoms with Gasteiger partial charge in [0.25, 0.3) is 11.8 Å². The van der Waals surface area contributed by atoms with Crippen molar-refractivity contribution < 1.29 is 37.8 Å². The number of carbonyl (C=O) groups is 4. The maximum Gasteiger partial charge on any atom is 0.255 e. The third kappa shape index (κ3) is 8.49. The number of aromatic nitrogens is 1. The SMILES string of the molecule is COc1ccc2cc1Oc1cccc(OC)c1CNC(=O)[C@@H](C(C)C)NC(=O)CN(C(=O)c1cncc(F)c1)CCCCNC2=O. The lowest BCUT2D eigenvalue weighted by atomic mass is 10.0. The van der Waals surface area contributed by atoms with Crippen LogP contribution in [-0.4, -0.2) is 73.4 Å². The zero-order valence-corrected chi connectivity index (χ0v) is 26.2. The first-order chi connectivity index (χ1) is 22.1. The van der Waals surface area contributed by atoms with Gasteiger partial charge in [-0.15, -0.1) is 0 Å². The Hall–Kier alpha value is -5.20. The molecule has 3 aromatic rings. The van der Waals surface area contributed by atoms with Gasteiger partial charge in [0.15, 0.2) is 11.5 Å². The topological polar surface area (TPSA) is 148 Å². The molecular weight excluding hydrogens is 597 g/mol. The van der Waals surface area contributed by atoms with Gasteiger partial charge in [-0.25, -0.2) is 4.39 Å². The molecule has 0 spiro atoms. The van der Waals surface area contributed by atoms with Crippen molar-refractivity contribution in [3.63, 3.8) is 0 Å². The quantitative estimate of drug-likeness (QED) is 0.395. The molecule has 46 heavy (non-hydrogen) atoms. The summed E-state index contributed by atoms with van der Waals surface area (Å²) < 4.78 is 31.1. The van der Waals surface area contributed by atoms with E-state index in [-0.39, 0.29) is 49.3 Å². The summed E-state index contributed by atoms with van der Waals surface area (Å²) in [7, 11) is 2.97. The summed E-state index contributed by atoms with van der Waals surface area (Å²) in [6.07, 6.45) is 3.10. The number of rotatable bonds is 4. The number of nitrogens with one attached hydrogen (secondary N) is 3. The van der Waals surface area contributed by atoms with E-state index in [1.165, 1.54) is 25.3 Å². The summed E-state index contributed by atoms with van der Waals surface area (Å²) in [5, 5.41) is 8.46.